The largest absolute Gasteiger partial charge is 0.309 e. The van der Waals surface area contributed by atoms with Crippen molar-refractivity contribution in [2.24, 2.45) is 0 Å². The molecule has 0 saturated carbocycles. The van der Waals surface area contributed by atoms with Crippen LogP contribution in [0.2, 0.25) is 0 Å². The fourth-order valence-corrected chi connectivity index (χ4v) is 4.01. The monoisotopic (exact) mass is 308 g/mol. The lowest BCUT2D eigenvalue weighted by molar-refractivity contribution is 0.151. The first-order chi connectivity index (χ1) is 10.2. The maximum absolute atomic E-state index is 12.8. The Balaban J connectivity index is 1.95. The van der Waals surface area contributed by atoms with Crippen LogP contribution in [-0.4, -0.2) is 11.5 Å². The number of aromatic nitrogens is 1. The van der Waals surface area contributed by atoms with Crippen molar-refractivity contribution in [2.75, 3.05) is 6.54 Å². The number of nitrogens with one attached hydrogen (secondary N) is 1. The second kappa shape index (κ2) is 6.20. The zero-order valence-electron chi connectivity index (χ0n) is 11.9. The van der Waals surface area contributed by atoms with Crippen molar-refractivity contribution >= 4 is 11.3 Å². The molecule has 0 fully saturated rings. The first-order valence-corrected chi connectivity index (χ1v) is 8.12. The van der Waals surface area contributed by atoms with E-state index in [1.165, 1.54) is 10.9 Å². The van der Waals surface area contributed by atoms with Crippen LogP contribution in [0.25, 0.3) is 10.6 Å². The van der Waals surface area contributed by atoms with E-state index in [1.54, 1.807) is 23.5 Å². The smallest absolute Gasteiger partial charge is 0.263 e. The summed E-state index contributed by atoms with van der Waals surface area (Å²) in [5.41, 5.74) is 1.99. The lowest BCUT2D eigenvalue weighted by atomic mass is 9.98. The van der Waals surface area contributed by atoms with Gasteiger partial charge in [-0.3, -0.25) is 0 Å². The predicted octanol–water partition coefficient (Wildman–Crippen LogP) is 4.73. The number of hydrogen-bond donors (Lipinski definition) is 1. The fraction of sp³-hybridized carbons (Fsp3) is 0.438. The molecule has 1 atom stereocenters. The minimum Gasteiger partial charge on any atom is -0.309 e. The summed E-state index contributed by atoms with van der Waals surface area (Å²) in [6, 6.07) is 6.92. The maximum atomic E-state index is 12.8. The van der Waals surface area contributed by atoms with Crippen LogP contribution in [0.3, 0.4) is 0 Å². The quantitative estimate of drug-likeness (QED) is 0.883. The number of rotatable bonds is 4. The molecule has 0 bridgehead atoms. The Bertz CT molecular complexity index is 624. The van der Waals surface area contributed by atoms with Gasteiger partial charge in [-0.25, -0.2) is 13.8 Å². The van der Waals surface area contributed by atoms with Gasteiger partial charge in [0.15, 0.2) is 0 Å². The molecule has 0 radical (unpaired) electrons. The van der Waals surface area contributed by atoms with Gasteiger partial charge in [0.2, 0.25) is 0 Å². The predicted molar refractivity (Wildman–Crippen MR) is 81.9 cm³/mol. The molecule has 1 aliphatic rings. The molecule has 0 spiro atoms. The zero-order chi connectivity index (χ0) is 14.8. The molecule has 21 heavy (non-hydrogen) atoms. The van der Waals surface area contributed by atoms with Crippen molar-refractivity contribution in [3.05, 3.63) is 40.4 Å². The summed E-state index contributed by atoms with van der Waals surface area (Å²) >= 11 is 1.64. The van der Waals surface area contributed by atoms with Crippen molar-refractivity contribution in [2.45, 2.75) is 38.7 Å². The second-order valence-electron chi connectivity index (χ2n) is 5.26. The molecule has 1 aromatic heterocycles. The van der Waals surface area contributed by atoms with Crippen molar-refractivity contribution in [3.63, 3.8) is 0 Å². The molecular weight excluding hydrogens is 290 g/mol. The van der Waals surface area contributed by atoms with Gasteiger partial charge in [0.25, 0.3) is 6.43 Å². The summed E-state index contributed by atoms with van der Waals surface area (Å²) < 4.78 is 25.7. The average molecular weight is 308 g/mol. The van der Waals surface area contributed by atoms with E-state index >= 15 is 0 Å². The number of aryl methyl sites for hydroxylation is 1. The number of alkyl halides is 2. The van der Waals surface area contributed by atoms with E-state index in [1.807, 2.05) is 6.07 Å². The van der Waals surface area contributed by atoms with Gasteiger partial charge in [-0.05, 0) is 31.9 Å². The van der Waals surface area contributed by atoms with Gasteiger partial charge in [0.1, 0.15) is 5.01 Å². The van der Waals surface area contributed by atoms with Crippen molar-refractivity contribution < 1.29 is 8.78 Å². The Morgan fingerprint density at radius 2 is 2.29 bits per heavy atom. The molecule has 1 heterocycles. The highest BCUT2D eigenvalue weighted by molar-refractivity contribution is 7.15. The van der Waals surface area contributed by atoms with Gasteiger partial charge >= 0.3 is 0 Å². The van der Waals surface area contributed by atoms with Crippen LogP contribution in [0.5, 0.6) is 0 Å². The highest BCUT2D eigenvalue weighted by Crippen LogP contribution is 2.38. The van der Waals surface area contributed by atoms with E-state index in [-0.39, 0.29) is 5.56 Å². The summed E-state index contributed by atoms with van der Waals surface area (Å²) in [6.07, 6.45) is 0.807. The van der Waals surface area contributed by atoms with E-state index in [2.05, 4.69) is 17.2 Å². The lowest BCUT2D eigenvalue weighted by Gasteiger charge is -2.21. The first kappa shape index (κ1) is 14.6. The number of hydrogen-bond acceptors (Lipinski definition) is 3. The van der Waals surface area contributed by atoms with E-state index in [0.717, 1.165) is 42.1 Å². The fourth-order valence-electron chi connectivity index (χ4n) is 2.79. The molecule has 1 aliphatic carbocycles. The van der Waals surface area contributed by atoms with Gasteiger partial charge < -0.3 is 5.32 Å². The molecule has 112 valence electrons. The standard InChI is InChI=1S/C16H18F2N2S/c1-2-19-12-7-4-8-13-14(12)21-16(20-13)11-6-3-5-10(9-11)15(17)18/h3,5-6,9,12,15,19H,2,4,7-8H2,1H3. The maximum Gasteiger partial charge on any atom is 0.263 e. The van der Waals surface area contributed by atoms with E-state index in [9.17, 15) is 8.78 Å². The minimum absolute atomic E-state index is 0.0592. The Morgan fingerprint density at radius 1 is 1.43 bits per heavy atom. The van der Waals surface area contributed by atoms with Crippen LogP contribution in [0.1, 0.15) is 48.4 Å². The summed E-state index contributed by atoms with van der Waals surface area (Å²) in [6.45, 7) is 3.03. The zero-order valence-corrected chi connectivity index (χ0v) is 12.7. The van der Waals surface area contributed by atoms with Crippen LogP contribution in [0, 0.1) is 0 Å². The van der Waals surface area contributed by atoms with Crippen LogP contribution < -0.4 is 5.32 Å². The van der Waals surface area contributed by atoms with Crippen molar-refractivity contribution in [1.29, 1.82) is 0 Å². The summed E-state index contributed by atoms with van der Waals surface area (Å²) in [7, 11) is 0. The molecule has 2 aromatic rings. The van der Waals surface area contributed by atoms with E-state index in [4.69, 9.17) is 0 Å². The van der Waals surface area contributed by atoms with Gasteiger partial charge in [-0.2, -0.15) is 0 Å². The van der Waals surface area contributed by atoms with Crippen LogP contribution in [-0.2, 0) is 6.42 Å². The highest BCUT2D eigenvalue weighted by Gasteiger charge is 2.24. The topological polar surface area (TPSA) is 24.9 Å². The van der Waals surface area contributed by atoms with Crippen LogP contribution >= 0.6 is 11.3 Å². The number of nitrogens with zero attached hydrogens (tertiary/aromatic N) is 1. The number of fused-ring (bicyclic) bond motifs is 1. The third-order valence-electron chi connectivity index (χ3n) is 3.79. The summed E-state index contributed by atoms with van der Waals surface area (Å²) in [4.78, 5) is 5.97. The van der Waals surface area contributed by atoms with Gasteiger partial charge in [-0.15, -0.1) is 11.3 Å². The van der Waals surface area contributed by atoms with Crippen molar-refractivity contribution in [1.82, 2.24) is 10.3 Å². The SMILES string of the molecule is CCNC1CCCc2nc(-c3cccc(C(F)F)c3)sc21. The lowest BCUT2D eigenvalue weighted by Crippen LogP contribution is -2.23. The Morgan fingerprint density at radius 3 is 3.05 bits per heavy atom. The molecular formula is C16H18F2N2S. The minimum atomic E-state index is -2.44. The number of halogens is 2. The van der Waals surface area contributed by atoms with Crippen LogP contribution in [0.15, 0.2) is 24.3 Å². The molecule has 1 aromatic carbocycles. The third kappa shape index (κ3) is 2.99. The molecule has 3 rings (SSSR count). The molecule has 0 amide bonds. The van der Waals surface area contributed by atoms with Gasteiger partial charge in [0, 0.05) is 22.0 Å². The van der Waals surface area contributed by atoms with E-state index in [0.29, 0.717) is 6.04 Å². The molecule has 0 aliphatic heterocycles. The van der Waals surface area contributed by atoms with Gasteiger partial charge in [0.05, 0.1) is 5.69 Å². The Labute approximate surface area is 127 Å². The van der Waals surface area contributed by atoms with Crippen LogP contribution in [0.4, 0.5) is 8.78 Å². The Kier molecular flexibility index (Phi) is 4.31. The van der Waals surface area contributed by atoms with Gasteiger partial charge in [-0.1, -0.05) is 25.1 Å². The Hall–Kier alpha value is -1.33. The normalized spacial score (nSPS) is 18.0. The van der Waals surface area contributed by atoms with Crippen molar-refractivity contribution in [3.8, 4) is 10.6 Å². The second-order valence-corrected chi connectivity index (χ2v) is 6.29. The van der Waals surface area contributed by atoms with E-state index < -0.39 is 6.43 Å². The molecule has 0 saturated heterocycles. The summed E-state index contributed by atoms with van der Waals surface area (Å²) in [5.74, 6) is 0. The average Bonchev–Trinajstić information content (AvgIpc) is 2.93. The third-order valence-corrected chi connectivity index (χ3v) is 5.05. The molecule has 2 nitrogen and oxygen atoms in total. The highest BCUT2D eigenvalue weighted by atomic mass is 32.1. The molecule has 1 N–H and O–H groups in total. The first-order valence-electron chi connectivity index (χ1n) is 7.30. The molecule has 1 unspecified atom stereocenters. The number of thiazole rings is 1. The number of benzene rings is 1. The molecule has 5 heteroatoms. The summed E-state index contributed by atoms with van der Waals surface area (Å²) in [5, 5.41) is 4.34.